The van der Waals surface area contributed by atoms with Crippen molar-refractivity contribution in [3.05, 3.63) is 65.2 Å². The quantitative estimate of drug-likeness (QED) is 0.685. The molecule has 6 nitrogen and oxygen atoms in total. The smallest absolute Gasteiger partial charge is 0.252 e. The fraction of sp³-hybridized carbons (Fsp3) is 0.435. The minimum absolute atomic E-state index is 0.00759. The number of ether oxygens (including phenoxy) is 1. The minimum atomic E-state index is -2.95. The number of thioether (sulfide) groups is 1. The van der Waals surface area contributed by atoms with Crippen LogP contribution in [0, 0.1) is 0 Å². The molecular formula is C23H28N2O4S2. The maximum atomic E-state index is 13.0. The summed E-state index contributed by atoms with van der Waals surface area (Å²) in [7, 11) is -2.95. The van der Waals surface area contributed by atoms with Crippen LogP contribution in [-0.2, 0) is 27.7 Å². The summed E-state index contributed by atoms with van der Waals surface area (Å²) in [4.78, 5) is 16.2. The van der Waals surface area contributed by atoms with Gasteiger partial charge in [-0.15, -0.1) is 11.8 Å². The summed E-state index contributed by atoms with van der Waals surface area (Å²) in [5.74, 6) is 0.284. The van der Waals surface area contributed by atoms with Gasteiger partial charge in [-0.3, -0.25) is 9.69 Å². The van der Waals surface area contributed by atoms with Crippen molar-refractivity contribution in [2.24, 2.45) is 0 Å². The number of hydrogen-bond donors (Lipinski definition) is 1. The molecule has 1 amide bonds. The monoisotopic (exact) mass is 460 g/mol. The molecule has 4 rings (SSSR count). The van der Waals surface area contributed by atoms with Crippen molar-refractivity contribution in [1.82, 2.24) is 10.2 Å². The zero-order valence-electron chi connectivity index (χ0n) is 17.5. The molecule has 0 bridgehead atoms. The molecule has 0 unspecified atom stereocenters. The zero-order valence-corrected chi connectivity index (χ0v) is 19.1. The third kappa shape index (κ3) is 6.10. The molecule has 1 atom stereocenters. The van der Waals surface area contributed by atoms with Crippen LogP contribution < -0.4 is 5.32 Å². The molecule has 1 N–H and O–H groups in total. The second-order valence-corrected chi connectivity index (χ2v) is 11.5. The van der Waals surface area contributed by atoms with Crippen LogP contribution in [0.15, 0.2) is 53.4 Å². The van der Waals surface area contributed by atoms with E-state index in [0.29, 0.717) is 18.5 Å². The van der Waals surface area contributed by atoms with Gasteiger partial charge in [0.1, 0.15) is 0 Å². The number of carbonyl (C=O) groups is 1. The number of rotatable bonds is 7. The van der Waals surface area contributed by atoms with E-state index in [0.717, 1.165) is 43.3 Å². The van der Waals surface area contributed by atoms with E-state index in [1.165, 1.54) is 17.3 Å². The lowest BCUT2D eigenvalue weighted by atomic mass is 10.1. The predicted molar refractivity (Wildman–Crippen MR) is 123 cm³/mol. The summed E-state index contributed by atoms with van der Waals surface area (Å²) in [5, 5.41) is 3.07. The average Bonchev–Trinajstić information content (AvgIpc) is 3.12. The predicted octanol–water partition coefficient (Wildman–Crippen LogP) is 2.73. The molecule has 8 heteroatoms. The molecule has 2 aromatic carbocycles. The molecule has 2 heterocycles. The van der Waals surface area contributed by atoms with Crippen LogP contribution in [0.2, 0.25) is 0 Å². The Balaban J connectivity index is 1.41. The first-order valence-electron chi connectivity index (χ1n) is 10.6. The number of nitrogens with one attached hydrogen (secondary N) is 1. The number of morpholine rings is 1. The molecular weight excluding hydrogens is 432 g/mol. The van der Waals surface area contributed by atoms with E-state index >= 15 is 0 Å². The summed E-state index contributed by atoms with van der Waals surface area (Å²) in [6.07, 6.45) is 0.637. The van der Waals surface area contributed by atoms with Crippen molar-refractivity contribution in [3.63, 3.8) is 0 Å². The lowest BCUT2D eigenvalue weighted by Gasteiger charge is -2.27. The van der Waals surface area contributed by atoms with Gasteiger partial charge in [-0.05, 0) is 29.7 Å². The topological polar surface area (TPSA) is 75.7 Å². The largest absolute Gasteiger partial charge is 0.379 e. The Morgan fingerprint density at radius 3 is 2.52 bits per heavy atom. The van der Waals surface area contributed by atoms with Gasteiger partial charge in [-0.25, -0.2) is 8.42 Å². The molecule has 2 aliphatic heterocycles. The van der Waals surface area contributed by atoms with E-state index < -0.39 is 9.84 Å². The lowest BCUT2D eigenvalue weighted by molar-refractivity contribution is 0.0340. The standard InChI is InChI=1S/C23H28N2O4S2/c26-23(21-7-3-4-8-22(21)30-20-9-14-31(27,28)17-20)24-15-18-5-1-2-6-19(18)16-25-10-12-29-13-11-25/h1-8,20H,9-17H2,(H,24,26)/t20-/m0/s1. The summed E-state index contributed by atoms with van der Waals surface area (Å²) >= 11 is 1.50. The summed E-state index contributed by atoms with van der Waals surface area (Å²) in [6.45, 7) is 4.66. The van der Waals surface area contributed by atoms with Crippen LogP contribution in [-0.4, -0.2) is 62.3 Å². The number of nitrogens with zero attached hydrogens (tertiary/aromatic N) is 1. The van der Waals surface area contributed by atoms with Crippen molar-refractivity contribution in [1.29, 1.82) is 0 Å². The summed E-state index contributed by atoms with van der Waals surface area (Å²) in [5.41, 5.74) is 2.92. The van der Waals surface area contributed by atoms with Gasteiger partial charge < -0.3 is 10.1 Å². The zero-order chi connectivity index (χ0) is 21.7. The Morgan fingerprint density at radius 1 is 1.06 bits per heavy atom. The lowest BCUT2D eigenvalue weighted by Crippen LogP contribution is -2.36. The van der Waals surface area contributed by atoms with Crippen LogP contribution in [0.4, 0.5) is 0 Å². The van der Waals surface area contributed by atoms with E-state index in [1.807, 2.05) is 30.3 Å². The van der Waals surface area contributed by atoms with Gasteiger partial charge in [-0.1, -0.05) is 36.4 Å². The van der Waals surface area contributed by atoms with Crippen LogP contribution in [0.3, 0.4) is 0 Å². The molecule has 166 valence electrons. The van der Waals surface area contributed by atoms with Gasteiger partial charge in [-0.2, -0.15) is 0 Å². The Bertz CT molecular complexity index is 1020. The second kappa shape index (κ2) is 10.2. The number of carbonyl (C=O) groups excluding carboxylic acids is 1. The molecule has 31 heavy (non-hydrogen) atoms. The Kier molecular flexibility index (Phi) is 7.32. The van der Waals surface area contributed by atoms with Crippen LogP contribution in [0.25, 0.3) is 0 Å². The maximum absolute atomic E-state index is 13.0. The highest BCUT2D eigenvalue weighted by Gasteiger charge is 2.29. The normalized spacial score (nSPS) is 21.1. The van der Waals surface area contributed by atoms with E-state index in [-0.39, 0.29) is 22.7 Å². The van der Waals surface area contributed by atoms with E-state index in [4.69, 9.17) is 4.74 Å². The number of amides is 1. The van der Waals surface area contributed by atoms with Crippen molar-refractivity contribution >= 4 is 27.5 Å². The molecule has 2 aliphatic rings. The molecule has 0 aromatic heterocycles. The third-order valence-electron chi connectivity index (χ3n) is 5.67. The van der Waals surface area contributed by atoms with Crippen molar-refractivity contribution < 1.29 is 17.9 Å². The van der Waals surface area contributed by atoms with E-state index in [9.17, 15) is 13.2 Å². The fourth-order valence-electron chi connectivity index (χ4n) is 3.95. The SMILES string of the molecule is O=C(NCc1ccccc1CN1CCOCC1)c1ccccc1S[C@H]1CCS(=O)(=O)C1. The number of benzene rings is 2. The Morgan fingerprint density at radius 2 is 1.77 bits per heavy atom. The summed E-state index contributed by atoms with van der Waals surface area (Å²) in [6, 6.07) is 15.6. The van der Waals surface area contributed by atoms with Crippen molar-refractivity contribution in [3.8, 4) is 0 Å². The first kappa shape index (κ1) is 22.3. The number of hydrogen-bond acceptors (Lipinski definition) is 6. The van der Waals surface area contributed by atoms with Gasteiger partial charge in [0.2, 0.25) is 0 Å². The van der Waals surface area contributed by atoms with Gasteiger partial charge >= 0.3 is 0 Å². The van der Waals surface area contributed by atoms with Gasteiger partial charge in [0.15, 0.2) is 9.84 Å². The highest BCUT2D eigenvalue weighted by atomic mass is 32.2. The first-order chi connectivity index (χ1) is 15.0. The van der Waals surface area contributed by atoms with E-state index in [1.54, 1.807) is 6.07 Å². The Hall–Kier alpha value is -1.87. The van der Waals surface area contributed by atoms with Gasteiger partial charge in [0.05, 0.1) is 30.3 Å². The van der Waals surface area contributed by atoms with Crippen LogP contribution >= 0.6 is 11.8 Å². The maximum Gasteiger partial charge on any atom is 0.252 e. The Labute approximate surface area is 188 Å². The highest BCUT2D eigenvalue weighted by molar-refractivity contribution is 8.02. The van der Waals surface area contributed by atoms with E-state index in [2.05, 4.69) is 22.3 Å². The third-order valence-corrected chi connectivity index (χ3v) is 9.00. The van der Waals surface area contributed by atoms with Gasteiger partial charge in [0.25, 0.3) is 5.91 Å². The van der Waals surface area contributed by atoms with Crippen molar-refractivity contribution in [2.45, 2.75) is 29.7 Å². The molecule has 0 spiro atoms. The van der Waals surface area contributed by atoms with Gasteiger partial charge in [0, 0.05) is 36.3 Å². The molecule has 2 aromatic rings. The first-order valence-corrected chi connectivity index (χ1v) is 13.3. The summed E-state index contributed by atoms with van der Waals surface area (Å²) < 4.78 is 29.0. The van der Waals surface area contributed by atoms with Crippen LogP contribution in [0.5, 0.6) is 0 Å². The highest BCUT2D eigenvalue weighted by Crippen LogP contribution is 2.33. The molecule has 0 radical (unpaired) electrons. The fourth-order valence-corrected chi connectivity index (χ4v) is 7.57. The minimum Gasteiger partial charge on any atom is -0.379 e. The average molecular weight is 461 g/mol. The number of sulfone groups is 1. The van der Waals surface area contributed by atoms with Crippen LogP contribution in [0.1, 0.15) is 27.9 Å². The molecule has 2 saturated heterocycles. The molecule has 0 saturated carbocycles. The van der Waals surface area contributed by atoms with Crippen molar-refractivity contribution in [2.75, 3.05) is 37.8 Å². The molecule has 2 fully saturated rings. The second-order valence-electron chi connectivity index (χ2n) is 7.98. The molecule has 0 aliphatic carbocycles.